The Balaban J connectivity index is 2.23. The third-order valence-electron chi connectivity index (χ3n) is 3.11. The molecular formula is C14H18ClNO2S. The summed E-state index contributed by atoms with van der Waals surface area (Å²) in [5.74, 6) is -0.0112. The molecule has 104 valence electrons. The maximum absolute atomic E-state index is 12.6. The maximum Gasteiger partial charge on any atom is 0.255 e. The summed E-state index contributed by atoms with van der Waals surface area (Å²) >= 11 is 7.75. The van der Waals surface area contributed by atoms with Crippen molar-refractivity contribution in [3.63, 3.8) is 0 Å². The predicted molar refractivity (Wildman–Crippen MR) is 79.1 cm³/mol. The molecule has 5 heteroatoms. The summed E-state index contributed by atoms with van der Waals surface area (Å²) < 4.78 is 5.65. The van der Waals surface area contributed by atoms with Gasteiger partial charge in [0.25, 0.3) is 5.91 Å². The Morgan fingerprint density at radius 3 is 2.58 bits per heavy atom. The first-order valence-electron chi connectivity index (χ1n) is 6.29. The van der Waals surface area contributed by atoms with E-state index in [0.717, 1.165) is 4.90 Å². The summed E-state index contributed by atoms with van der Waals surface area (Å²) in [7, 11) is 0. The lowest BCUT2D eigenvalue weighted by Crippen LogP contribution is -2.48. The molecule has 0 aromatic heterocycles. The van der Waals surface area contributed by atoms with E-state index < -0.39 is 0 Å². The molecule has 1 aromatic carbocycles. The van der Waals surface area contributed by atoms with E-state index in [1.165, 1.54) is 0 Å². The van der Waals surface area contributed by atoms with Crippen LogP contribution in [0, 0.1) is 0 Å². The summed E-state index contributed by atoms with van der Waals surface area (Å²) in [4.78, 5) is 15.4. The standard InChI is InChI=1S/C14H18ClNO2S/c1-9-7-16(8-10(2)18-9)14(17)12-6-11(19-3)4-5-13(12)15/h4-6,9-10H,7-8H2,1-3H3. The van der Waals surface area contributed by atoms with Gasteiger partial charge in [0.2, 0.25) is 0 Å². The van der Waals surface area contributed by atoms with Crippen molar-refractivity contribution >= 4 is 29.3 Å². The molecule has 3 nitrogen and oxygen atoms in total. The molecule has 2 rings (SSSR count). The van der Waals surface area contributed by atoms with Crippen LogP contribution in [0.3, 0.4) is 0 Å². The minimum atomic E-state index is -0.0112. The number of rotatable bonds is 2. The summed E-state index contributed by atoms with van der Waals surface area (Å²) in [5.41, 5.74) is 0.579. The number of halogens is 1. The fourth-order valence-electron chi connectivity index (χ4n) is 2.31. The molecule has 0 spiro atoms. The second-order valence-corrected chi connectivity index (χ2v) is 6.10. The topological polar surface area (TPSA) is 29.5 Å². The number of amides is 1. The Bertz CT molecular complexity index is 471. The number of hydrogen-bond acceptors (Lipinski definition) is 3. The highest BCUT2D eigenvalue weighted by molar-refractivity contribution is 7.98. The van der Waals surface area contributed by atoms with Crippen LogP contribution < -0.4 is 0 Å². The number of benzene rings is 1. The Morgan fingerprint density at radius 2 is 2.00 bits per heavy atom. The number of carbonyl (C=O) groups is 1. The molecular weight excluding hydrogens is 282 g/mol. The van der Waals surface area contributed by atoms with Crippen molar-refractivity contribution in [1.82, 2.24) is 4.90 Å². The first-order valence-corrected chi connectivity index (χ1v) is 7.89. The molecule has 0 radical (unpaired) electrons. The number of carbonyl (C=O) groups excluding carboxylic acids is 1. The minimum absolute atomic E-state index is 0.0112. The van der Waals surface area contributed by atoms with Crippen molar-refractivity contribution in [2.24, 2.45) is 0 Å². The van der Waals surface area contributed by atoms with E-state index in [4.69, 9.17) is 16.3 Å². The zero-order chi connectivity index (χ0) is 14.0. The van der Waals surface area contributed by atoms with Crippen LogP contribution in [0.5, 0.6) is 0 Å². The fraction of sp³-hybridized carbons (Fsp3) is 0.500. The van der Waals surface area contributed by atoms with Gasteiger partial charge in [0.15, 0.2) is 0 Å². The molecule has 0 bridgehead atoms. The summed E-state index contributed by atoms with van der Waals surface area (Å²) in [6.45, 7) is 5.19. The van der Waals surface area contributed by atoms with Crippen LogP contribution in [0.25, 0.3) is 0 Å². The Labute approximate surface area is 123 Å². The molecule has 1 aliphatic heterocycles. The van der Waals surface area contributed by atoms with Gasteiger partial charge < -0.3 is 9.64 Å². The van der Waals surface area contributed by atoms with E-state index in [2.05, 4.69) is 0 Å². The van der Waals surface area contributed by atoms with Crippen molar-refractivity contribution in [3.8, 4) is 0 Å². The molecule has 0 saturated carbocycles. The first-order chi connectivity index (χ1) is 9.01. The van der Waals surface area contributed by atoms with E-state index in [1.54, 1.807) is 17.8 Å². The van der Waals surface area contributed by atoms with Gasteiger partial charge in [-0.25, -0.2) is 0 Å². The van der Waals surface area contributed by atoms with Crippen molar-refractivity contribution < 1.29 is 9.53 Å². The van der Waals surface area contributed by atoms with Gasteiger partial charge in [-0.05, 0) is 38.3 Å². The van der Waals surface area contributed by atoms with E-state index in [0.29, 0.717) is 23.7 Å². The number of nitrogens with zero attached hydrogens (tertiary/aromatic N) is 1. The van der Waals surface area contributed by atoms with Crippen LogP contribution in [0.15, 0.2) is 23.1 Å². The smallest absolute Gasteiger partial charge is 0.255 e. The van der Waals surface area contributed by atoms with Crippen LogP contribution in [-0.4, -0.2) is 42.4 Å². The highest BCUT2D eigenvalue weighted by Gasteiger charge is 2.27. The van der Waals surface area contributed by atoms with Crippen molar-refractivity contribution in [1.29, 1.82) is 0 Å². The van der Waals surface area contributed by atoms with Gasteiger partial charge in [-0.2, -0.15) is 0 Å². The van der Waals surface area contributed by atoms with Gasteiger partial charge in [-0.1, -0.05) is 11.6 Å². The average Bonchev–Trinajstić information content (AvgIpc) is 2.37. The van der Waals surface area contributed by atoms with Crippen LogP contribution in [0.4, 0.5) is 0 Å². The number of morpholine rings is 1. The third kappa shape index (κ3) is 3.44. The van der Waals surface area contributed by atoms with Crippen molar-refractivity contribution in [2.75, 3.05) is 19.3 Å². The van der Waals surface area contributed by atoms with Gasteiger partial charge in [0.1, 0.15) is 0 Å². The number of thioether (sulfide) groups is 1. The van der Waals surface area contributed by atoms with Gasteiger partial charge in [-0.15, -0.1) is 11.8 Å². The summed E-state index contributed by atoms with van der Waals surface area (Å²) in [6, 6.07) is 5.57. The Kier molecular flexibility index (Phi) is 4.76. The molecule has 0 N–H and O–H groups in total. The van der Waals surface area contributed by atoms with E-state index >= 15 is 0 Å². The largest absolute Gasteiger partial charge is 0.372 e. The van der Waals surface area contributed by atoms with Crippen molar-refractivity contribution in [3.05, 3.63) is 28.8 Å². The monoisotopic (exact) mass is 299 g/mol. The summed E-state index contributed by atoms with van der Waals surface area (Å²) in [6.07, 6.45) is 2.11. The maximum atomic E-state index is 12.6. The lowest BCUT2D eigenvalue weighted by molar-refractivity contribution is -0.0586. The van der Waals surface area contributed by atoms with Gasteiger partial charge >= 0.3 is 0 Å². The summed E-state index contributed by atoms with van der Waals surface area (Å²) in [5, 5.41) is 0.509. The quantitative estimate of drug-likeness (QED) is 0.785. The number of hydrogen-bond donors (Lipinski definition) is 0. The normalized spacial score (nSPS) is 23.5. The second kappa shape index (κ2) is 6.16. The second-order valence-electron chi connectivity index (χ2n) is 4.81. The molecule has 1 amide bonds. The first kappa shape index (κ1) is 14.7. The van der Waals surface area contributed by atoms with Crippen LogP contribution in [0.1, 0.15) is 24.2 Å². The fourth-order valence-corrected chi connectivity index (χ4v) is 2.95. The molecule has 1 fully saturated rings. The molecule has 2 atom stereocenters. The van der Waals surface area contributed by atoms with E-state index in [-0.39, 0.29) is 18.1 Å². The molecule has 1 aliphatic rings. The van der Waals surface area contributed by atoms with Gasteiger partial charge in [0.05, 0.1) is 22.8 Å². The van der Waals surface area contributed by atoms with Crippen LogP contribution >= 0.6 is 23.4 Å². The lowest BCUT2D eigenvalue weighted by Gasteiger charge is -2.35. The molecule has 0 aliphatic carbocycles. The highest BCUT2D eigenvalue weighted by Crippen LogP contribution is 2.25. The zero-order valence-electron chi connectivity index (χ0n) is 11.4. The van der Waals surface area contributed by atoms with Crippen LogP contribution in [0.2, 0.25) is 5.02 Å². The molecule has 19 heavy (non-hydrogen) atoms. The third-order valence-corrected chi connectivity index (χ3v) is 4.17. The molecule has 1 aromatic rings. The zero-order valence-corrected chi connectivity index (χ0v) is 12.9. The highest BCUT2D eigenvalue weighted by atomic mass is 35.5. The average molecular weight is 300 g/mol. The SMILES string of the molecule is CSc1ccc(Cl)c(C(=O)N2CC(C)OC(C)C2)c1. The predicted octanol–water partition coefficient (Wildman–Crippen LogP) is 3.31. The minimum Gasteiger partial charge on any atom is -0.372 e. The van der Waals surface area contributed by atoms with Crippen molar-refractivity contribution in [2.45, 2.75) is 31.0 Å². The lowest BCUT2D eigenvalue weighted by atomic mass is 10.1. The van der Waals surface area contributed by atoms with Gasteiger partial charge in [-0.3, -0.25) is 4.79 Å². The van der Waals surface area contributed by atoms with Gasteiger partial charge in [0, 0.05) is 18.0 Å². The molecule has 1 heterocycles. The number of ether oxygens (including phenoxy) is 1. The van der Waals surface area contributed by atoms with Crippen LogP contribution in [-0.2, 0) is 4.74 Å². The molecule has 1 saturated heterocycles. The van der Waals surface area contributed by atoms with E-state index in [9.17, 15) is 4.79 Å². The Hall–Kier alpha value is -0.710. The Morgan fingerprint density at radius 1 is 1.37 bits per heavy atom. The van der Waals surface area contributed by atoms with E-state index in [1.807, 2.05) is 37.1 Å². The molecule has 2 unspecified atom stereocenters.